The lowest BCUT2D eigenvalue weighted by molar-refractivity contribution is -0.149. The number of nitrogens with zero attached hydrogens (tertiary/aromatic N) is 1. The summed E-state index contributed by atoms with van der Waals surface area (Å²) in [5, 5.41) is 3.27. The molecule has 0 aromatic heterocycles. The second kappa shape index (κ2) is 7.10. The Labute approximate surface area is 111 Å². The van der Waals surface area contributed by atoms with Gasteiger partial charge in [0.2, 0.25) is 0 Å². The van der Waals surface area contributed by atoms with Crippen molar-refractivity contribution in [2.75, 3.05) is 33.3 Å². The van der Waals surface area contributed by atoms with Crippen molar-refractivity contribution < 1.29 is 9.53 Å². The predicted molar refractivity (Wildman–Crippen MR) is 73.6 cm³/mol. The van der Waals surface area contributed by atoms with Gasteiger partial charge in [0.25, 0.3) is 0 Å². The van der Waals surface area contributed by atoms with Crippen LogP contribution in [0, 0.1) is 5.92 Å². The van der Waals surface area contributed by atoms with Gasteiger partial charge in [-0.3, -0.25) is 4.79 Å². The number of rotatable bonds is 6. The maximum Gasteiger partial charge on any atom is 0.327 e. The van der Waals surface area contributed by atoms with Crippen LogP contribution in [0.5, 0.6) is 0 Å². The molecule has 0 bridgehead atoms. The summed E-state index contributed by atoms with van der Waals surface area (Å²) in [6.07, 6.45) is 3.79. The molecule has 0 aromatic rings. The molecule has 1 heterocycles. The molecule has 2 unspecified atom stereocenters. The number of nitrogens with one attached hydrogen (secondary N) is 1. The molecule has 1 fully saturated rings. The van der Waals surface area contributed by atoms with Crippen molar-refractivity contribution in [3.05, 3.63) is 0 Å². The van der Waals surface area contributed by atoms with Crippen molar-refractivity contribution in [2.24, 2.45) is 5.92 Å². The van der Waals surface area contributed by atoms with Crippen molar-refractivity contribution in [1.82, 2.24) is 10.2 Å². The second-order valence-corrected chi connectivity index (χ2v) is 5.51. The second-order valence-electron chi connectivity index (χ2n) is 5.51. The number of carbonyl (C=O) groups excluding carboxylic acids is 1. The Morgan fingerprint density at radius 2 is 2.22 bits per heavy atom. The maximum absolute atomic E-state index is 11.9. The van der Waals surface area contributed by atoms with E-state index >= 15 is 0 Å². The van der Waals surface area contributed by atoms with Crippen LogP contribution in [0.4, 0.5) is 0 Å². The van der Waals surface area contributed by atoms with Gasteiger partial charge in [0.15, 0.2) is 0 Å². The summed E-state index contributed by atoms with van der Waals surface area (Å²) in [6, 6.07) is 0. The molecule has 1 aliphatic rings. The minimum Gasteiger partial charge on any atom is -0.468 e. The molecule has 0 radical (unpaired) electrons. The summed E-state index contributed by atoms with van der Waals surface area (Å²) in [4.78, 5) is 14.3. The highest BCUT2D eigenvalue weighted by Gasteiger charge is 2.36. The van der Waals surface area contributed by atoms with Gasteiger partial charge in [-0.2, -0.15) is 0 Å². The van der Waals surface area contributed by atoms with Gasteiger partial charge in [0, 0.05) is 13.1 Å². The van der Waals surface area contributed by atoms with E-state index in [-0.39, 0.29) is 5.97 Å². The third-order valence-corrected chi connectivity index (χ3v) is 3.92. The van der Waals surface area contributed by atoms with Crippen LogP contribution in [-0.4, -0.2) is 49.7 Å². The highest BCUT2D eigenvalue weighted by molar-refractivity contribution is 5.80. The van der Waals surface area contributed by atoms with Crippen LogP contribution in [-0.2, 0) is 9.53 Å². The molecule has 4 heteroatoms. The molecule has 2 atom stereocenters. The number of esters is 1. The maximum atomic E-state index is 11.9. The van der Waals surface area contributed by atoms with Gasteiger partial charge < -0.3 is 15.0 Å². The largest absolute Gasteiger partial charge is 0.468 e. The molecule has 1 rings (SSSR count). The fraction of sp³-hybridized carbons (Fsp3) is 0.929. The number of methoxy groups -OCH3 is 1. The molecule has 18 heavy (non-hydrogen) atoms. The third kappa shape index (κ3) is 3.95. The Balaban J connectivity index is 2.62. The Morgan fingerprint density at radius 1 is 1.50 bits per heavy atom. The zero-order valence-corrected chi connectivity index (χ0v) is 12.3. The molecule has 1 N–H and O–H groups in total. The lowest BCUT2D eigenvalue weighted by Crippen LogP contribution is -2.58. The van der Waals surface area contributed by atoms with Crippen LogP contribution in [0.1, 0.15) is 40.0 Å². The van der Waals surface area contributed by atoms with Crippen LogP contribution < -0.4 is 5.32 Å². The van der Waals surface area contributed by atoms with E-state index in [0.29, 0.717) is 0 Å². The molecular weight excluding hydrogens is 228 g/mol. The predicted octanol–water partition coefficient (Wildman–Crippen LogP) is 1.65. The van der Waals surface area contributed by atoms with E-state index in [9.17, 15) is 4.79 Å². The standard InChI is InChI=1S/C14H28N2O2/c1-5-12-8-7-9-16(10-12)11-14(3,15-6-2)13(17)18-4/h12,15H,5-11H2,1-4H3. The molecule has 106 valence electrons. The van der Waals surface area contributed by atoms with Crippen molar-refractivity contribution in [2.45, 2.75) is 45.6 Å². The van der Waals surface area contributed by atoms with E-state index in [2.05, 4.69) is 17.1 Å². The number of likely N-dealkylation sites (tertiary alicyclic amines) is 1. The first-order valence-corrected chi connectivity index (χ1v) is 7.11. The van der Waals surface area contributed by atoms with E-state index in [1.807, 2.05) is 13.8 Å². The van der Waals surface area contributed by atoms with Crippen LogP contribution in [0.25, 0.3) is 0 Å². The summed E-state index contributed by atoms with van der Waals surface area (Å²) in [7, 11) is 1.46. The average Bonchev–Trinajstić information content (AvgIpc) is 2.38. The first kappa shape index (κ1) is 15.4. The van der Waals surface area contributed by atoms with E-state index in [1.165, 1.54) is 26.4 Å². The van der Waals surface area contributed by atoms with Gasteiger partial charge in [-0.05, 0) is 38.8 Å². The highest BCUT2D eigenvalue weighted by Crippen LogP contribution is 2.21. The van der Waals surface area contributed by atoms with Crippen molar-refractivity contribution in [1.29, 1.82) is 0 Å². The lowest BCUT2D eigenvalue weighted by atomic mass is 9.93. The van der Waals surface area contributed by atoms with E-state index < -0.39 is 5.54 Å². The summed E-state index contributed by atoms with van der Waals surface area (Å²) in [6.45, 7) is 9.92. The molecule has 1 aliphatic heterocycles. The Kier molecular flexibility index (Phi) is 6.09. The SMILES string of the molecule is CCNC(C)(CN1CCCC(CC)C1)C(=O)OC. The number of hydrogen-bond acceptors (Lipinski definition) is 4. The van der Waals surface area contributed by atoms with Gasteiger partial charge in [-0.25, -0.2) is 0 Å². The first-order valence-electron chi connectivity index (χ1n) is 7.11. The minimum absolute atomic E-state index is 0.164. The normalized spacial score (nSPS) is 24.6. The number of piperidine rings is 1. The van der Waals surface area contributed by atoms with Crippen LogP contribution >= 0.6 is 0 Å². The molecule has 0 aromatic carbocycles. The Morgan fingerprint density at radius 3 is 2.78 bits per heavy atom. The fourth-order valence-corrected chi connectivity index (χ4v) is 2.88. The molecule has 0 saturated carbocycles. The van der Waals surface area contributed by atoms with Gasteiger partial charge in [-0.15, -0.1) is 0 Å². The van der Waals surface area contributed by atoms with Crippen molar-refractivity contribution in [3.8, 4) is 0 Å². The zero-order valence-electron chi connectivity index (χ0n) is 12.3. The summed E-state index contributed by atoms with van der Waals surface area (Å²) >= 11 is 0. The monoisotopic (exact) mass is 256 g/mol. The smallest absolute Gasteiger partial charge is 0.327 e. The van der Waals surface area contributed by atoms with Crippen molar-refractivity contribution >= 4 is 5.97 Å². The summed E-state index contributed by atoms with van der Waals surface area (Å²) < 4.78 is 4.93. The van der Waals surface area contributed by atoms with Gasteiger partial charge in [0.05, 0.1) is 7.11 Å². The summed E-state index contributed by atoms with van der Waals surface area (Å²) in [5.74, 6) is 0.616. The number of likely N-dealkylation sites (N-methyl/N-ethyl adjacent to an activating group) is 1. The number of carbonyl (C=O) groups is 1. The van der Waals surface area contributed by atoms with Crippen molar-refractivity contribution in [3.63, 3.8) is 0 Å². The lowest BCUT2D eigenvalue weighted by Gasteiger charge is -2.38. The Bertz CT molecular complexity index is 271. The number of ether oxygens (including phenoxy) is 1. The van der Waals surface area contributed by atoms with Crippen LogP contribution in [0.15, 0.2) is 0 Å². The fourth-order valence-electron chi connectivity index (χ4n) is 2.88. The number of hydrogen-bond donors (Lipinski definition) is 1. The molecule has 1 saturated heterocycles. The first-order chi connectivity index (χ1) is 8.55. The third-order valence-electron chi connectivity index (χ3n) is 3.92. The zero-order chi connectivity index (χ0) is 13.6. The highest BCUT2D eigenvalue weighted by atomic mass is 16.5. The van der Waals surface area contributed by atoms with E-state index in [1.54, 1.807) is 0 Å². The van der Waals surface area contributed by atoms with Gasteiger partial charge >= 0.3 is 5.97 Å². The quantitative estimate of drug-likeness (QED) is 0.734. The molecule has 0 spiro atoms. The molecular formula is C14H28N2O2. The molecule has 0 amide bonds. The Hall–Kier alpha value is -0.610. The van der Waals surface area contributed by atoms with Gasteiger partial charge in [0.1, 0.15) is 5.54 Å². The summed E-state index contributed by atoms with van der Waals surface area (Å²) in [5.41, 5.74) is -0.584. The van der Waals surface area contributed by atoms with E-state index in [0.717, 1.165) is 32.1 Å². The average molecular weight is 256 g/mol. The topological polar surface area (TPSA) is 41.6 Å². The van der Waals surface area contributed by atoms with Crippen LogP contribution in [0.3, 0.4) is 0 Å². The molecule has 4 nitrogen and oxygen atoms in total. The van der Waals surface area contributed by atoms with E-state index in [4.69, 9.17) is 4.74 Å². The minimum atomic E-state index is -0.584. The van der Waals surface area contributed by atoms with Crippen LogP contribution in [0.2, 0.25) is 0 Å². The molecule has 0 aliphatic carbocycles. The van der Waals surface area contributed by atoms with Gasteiger partial charge in [-0.1, -0.05) is 20.3 Å².